The summed E-state index contributed by atoms with van der Waals surface area (Å²) in [5, 5.41) is 4.05. The molecule has 0 saturated carbocycles. The Balaban J connectivity index is 0.000000212. The minimum Gasteiger partial charge on any atom is -0.493 e. The summed E-state index contributed by atoms with van der Waals surface area (Å²) >= 11 is 6.76. The van der Waals surface area contributed by atoms with Gasteiger partial charge >= 0.3 is 6.61 Å². The van der Waals surface area contributed by atoms with Crippen molar-refractivity contribution in [2.75, 3.05) is 14.2 Å². The smallest absolute Gasteiger partial charge is 0.387 e. The van der Waals surface area contributed by atoms with Crippen molar-refractivity contribution in [1.29, 1.82) is 0 Å². The molecule has 13 heteroatoms. The lowest BCUT2D eigenvalue weighted by Crippen LogP contribution is -2.20. The number of halogens is 4. The minimum atomic E-state index is -2.92. The van der Waals surface area contributed by atoms with Gasteiger partial charge in [-0.05, 0) is 62.2 Å². The van der Waals surface area contributed by atoms with Crippen LogP contribution in [0.2, 0.25) is 0 Å². The minimum absolute atomic E-state index is 0.0502. The molecule has 0 aliphatic rings. The number of hydrogen-bond acceptors (Lipinski definition) is 5. The van der Waals surface area contributed by atoms with Gasteiger partial charge in [0.2, 0.25) is 0 Å². The highest BCUT2D eigenvalue weighted by molar-refractivity contribution is 9.11. The highest BCUT2D eigenvalue weighted by atomic mass is 79.9. The molecule has 5 aromatic rings. The van der Waals surface area contributed by atoms with Gasteiger partial charge in [0.05, 0.1) is 40.5 Å². The van der Waals surface area contributed by atoms with Gasteiger partial charge in [0, 0.05) is 19.7 Å². The second-order valence-corrected chi connectivity index (χ2v) is 10.0. The highest BCUT2D eigenvalue weighted by Crippen LogP contribution is 2.34. The third-order valence-electron chi connectivity index (χ3n) is 6.07. The zero-order chi connectivity index (χ0) is 28.4. The van der Waals surface area contributed by atoms with Crippen LogP contribution in [0, 0.1) is 0 Å². The van der Waals surface area contributed by atoms with Gasteiger partial charge in [0.1, 0.15) is 16.8 Å². The van der Waals surface area contributed by atoms with Crippen molar-refractivity contribution in [2.45, 2.75) is 13.2 Å². The van der Waals surface area contributed by atoms with E-state index in [9.17, 15) is 18.4 Å². The van der Waals surface area contributed by atoms with Gasteiger partial charge in [-0.25, -0.2) is 0 Å². The number of benzene rings is 3. The van der Waals surface area contributed by atoms with E-state index in [1.807, 2.05) is 0 Å². The maximum atomic E-state index is 12.6. The molecule has 0 fully saturated rings. The highest BCUT2D eigenvalue weighted by Gasteiger charge is 2.19. The second kappa shape index (κ2) is 11.7. The monoisotopic (exact) mass is 668 g/mol. The number of ether oxygens (including phenoxy) is 3. The summed E-state index contributed by atoms with van der Waals surface area (Å²) in [5.41, 5.74) is 1.57. The number of aryl methyl sites for hydroxylation is 1. The summed E-state index contributed by atoms with van der Waals surface area (Å²) in [7, 11) is 6.38. The summed E-state index contributed by atoms with van der Waals surface area (Å²) in [6.45, 7) is -2.75. The number of nitrogens with zero attached hydrogens (tertiary/aromatic N) is 3. The van der Waals surface area contributed by atoms with Gasteiger partial charge < -0.3 is 14.2 Å². The molecule has 0 unspecified atom stereocenters. The largest absolute Gasteiger partial charge is 0.493 e. The summed E-state index contributed by atoms with van der Waals surface area (Å²) in [5.74, 6) is 1.23. The van der Waals surface area contributed by atoms with E-state index in [-0.39, 0.29) is 23.4 Å². The Hall–Kier alpha value is -3.58. The predicted molar refractivity (Wildman–Crippen MR) is 151 cm³/mol. The SMILES string of the molecule is COc1c(Br)ccc2c(=O)n(C)[nH]c12.COc1c(Br)ccc2c(=O)n(C)n(Cc3ccccc3OC(F)F)c12. The van der Waals surface area contributed by atoms with Crippen LogP contribution in [0.15, 0.2) is 67.1 Å². The second-order valence-electron chi connectivity index (χ2n) is 8.33. The number of alkyl halides is 2. The molecule has 0 radical (unpaired) electrons. The third-order valence-corrected chi connectivity index (χ3v) is 7.32. The van der Waals surface area contributed by atoms with Gasteiger partial charge in [-0.1, -0.05) is 18.2 Å². The first-order valence-corrected chi connectivity index (χ1v) is 13.0. The summed E-state index contributed by atoms with van der Waals surface area (Å²) < 4.78 is 46.5. The number of para-hydroxylation sites is 1. The van der Waals surface area contributed by atoms with Crippen molar-refractivity contribution in [1.82, 2.24) is 19.1 Å². The molecule has 39 heavy (non-hydrogen) atoms. The number of fused-ring (bicyclic) bond motifs is 2. The number of H-pyrrole nitrogens is 1. The third kappa shape index (κ3) is 5.46. The molecule has 0 bridgehead atoms. The summed E-state index contributed by atoms with van der Waals surface area (Å²) in [4.78, 5) is 24.1. The Kier molecular flexibility index (Phi) is 8.50. The number of methoxy groups -OCH3 is 2. The van der Waals surface area contributed by atoms with Gasteiger partial charge in [-0.3, -0.25) is 28.7 Å². The molecule has 9 nitrogen and oxygen atoms in total. The molecule has 5 rings (SSSR count). The predicted octanol–water partition coefficient (Wildman–Crippen LogP) is 5.40. The molecule has 0 spiro atoms. The van der Waals surface area contributed by atoms with Crippen LogP contribution in [-0.2, 0) is 20.6 Å². The van der Waals surface area contributed by atoms with Gasteiger partial charge in [-0.15, -0.1) is 0 Å². The molecule has 206 valence electrons. The number of nitrogens with one attached hydrogen (secondary N) is 1. The molecule has 3 aromatic carbocycles. The van der Waals surface area contributed by atoms with E-state index < -0.39 is 6.61 Å². The maximum Gasteiger partial charge on any atom is 0.387 e. The molecule has 2 heterocycles. The number of hydrogen-bond donors (Lipinski definition) is 1. The van der Waals surface area contributed by atoms with Crippen LogP contribution in [-0.4, -0.2) is 40.0 Å². The first kappa shape index (κ1) is 28.4. The van der Waals surface area contributed by atoms with Crippen LogP contribution in [0.25, 0.3) is 21.8 Å². The van der Waals surface area contributed by atoms with E-state index in [0.29, 0.717) is 37.8 Å². The number of aromatic nitrogens is 4. The summed E-state index contributed by atoms with van der Waals surface area (Å²) in [6, 6.07) is 13.5. The average Bonchev–Trinajstić information content (AvgIpc) is 3.32. The average molecular weight is 670 g/mol. The van der Waals surface area contributed by atoms with E-state index in [1.54, 1.807) is 68.4 Å². The van der Waals surface area contributed by atoms with Crippen molar-refractivity contribution in [3.05, 3.63) is 83.7 Å². The zero-order valence-electron chi connectivity index (χ0n) is 21.3. The molecule has 0 atom stereocenters. The lowest BCUT2D eigenvalue weighted by Gasteiger charge is -2.15. The van der Waals surface area contributed by atoms with Crippen LogP contribution in [0.4, 0.5) is 8.78 Å². The van der Waals surface area contributed by atoms with Gasteiger partial charge in [-0.2, -0.15) is 8.78 Å². The van der Waals surface area contributed by atoms with Gasteiger partial charge in [0.15, 0.2) is 11.5 Å². The van der Waals surface area contributed by atoms with Crippen LogP contribution in [0.5, 0.6) is 17.2 Å². The zero-order valence-corrected chi connectivity index (χ0v) is 24.5. The lowest BCUT2D eigenvalue weighted by atomic mass is 10.2. The number of aromatic amines is 1. The van der Waals surface area contributed by atoms with Crippen LogP contribution < -0.4 is 25.3 Å². The van der Waals surface area contributed by atoms with E-state index in [2.05, 4.69) is 41.7 Å². The topological polar surface area (TPSA) is 92.4 Å². The Morgan fingerprint density at radius 1 is 0.872 bits per heavy atom. The van der Waals surface area contributed by atoms with Crippen LogP contribution in [0.1, 0.15) is 5.56 Å². The van der Waals surface area contributed by atoms with E-state index in [1.165, 1.54) is 22.5 Å². The molecule has 0 aliphatic heterocycles. The van der Waals surface area contributed by atoms with Crippen molar-refractivity contribution in [2.24, 2.45) is 14.1 Å². The van der Waals surface area contributed by atoms with Crippen molar-refractivity contribution < 1.29 is 23.0 Å². The number of rotatable bonds is 6. The van der Waals surface area contributed by atoms with E-state index in [4.69, 9.17) is 9.47 Å². The molecular formula is C26H24Br2F2N4O5. The van der Waals surface area contributed by atoms with Crippen molar-refractivity contribution >= 4 is 53.7 Å². The first-order valence-electron chi connectivity index (χ1n) is 11.4. The molecular weight excluding hydrogens is 646 g/mol. The fraction of sp³-hybridized carbons (Fsp3) is 0.231. The quantitative estimate of drug-likeness (QED) is 0.262. The Bertz CT molecular complexity index is 1770. The molecule has 0 aliphatic carbocycles. The van der Waals surface area contributed by atoms with Gasteiger partial charge in [0.25, 0.3) is 11.1 Å². The van der Waals surface area contributed by atoms with Crippen LogP contribution >= 0.6 is 31.9 Å². The van der Waals surface area contributed by atoms with E-state index >= 15 is 0 Å². The Morgan fingerprint density at radius 3 is 2.13 bits per heavy atom. The fourth-order valence-corrected chi connectivity index (χ4v) is 5.21. The maximum absolute atomic E-state index is 12.6. The lowest BCUT2D eigenvalue weighted by molar-refractivity contribution is -0.0505. The first-order chi connectivity index (χ1) is 18.6. The standard InChI is InChI=1S/C17H15BrF2N2O3.C9H9BrN2O2/c1-21-16(23)11-7-8-12(18)15(24-2)14(11)22(21)9-10-5-3-4-6-13(10)25-17(19)20;1-12-9(13)5-3-4-6(10)8(14-2)7(5)11-12/h3-8,17H,9H2,1-2H3;3-4,11H,1-2H3. The normalized spacial score (nSPS) is 11.1. The van der Waals surface area contributed by atoms with E-state index in [0.717, 1.165) is 9.99 Å². The Labute approximate surface area is 237 Å². The van der Waals surface area contributed by atoms with Crippen molar-refractivity contribution in [3.63, 3.8) is 0 Å². The molecule has 1 N–H and O–H groups in total. The van der Waals surface area contributed by atoms with Crippen molar-refractivity contribution in [3.8, 4) is 17.2 Å². The molecule has 0 saturated heterocycles. The Morgan fingerprint density at radius 2 is 1.49 bits per heavy atom. The fourth-order valence-electron chi connectivity index (χ4n) is 4.24. The summed E-state index contributed by atoms with van der Waals surface area (Å²) in [6.07, 6.45) is 0. The molecule has 0 amide bonds. The molecule has 2 aromatic heterocycles. The van der Waals surface area contributed by atoms with Crippen LogP contribution in [0.3, 0.4) is 0 Å².